The molecule has 1 aliphatic heterocycles. The summed E-state index contributed by atoms with van der Waals surface area (Å²) in [5.41, 5.74) is 4.84. The molecular weight excluding hydrogens is 452 g/mol. The molecule has 5 rings (SSSR count). The first-order valence-corrected chi connectivity index (χ1v) is 13.7. The van der Waals surface area contributed by atoms with Crippen LogP contribution in [0.1, 0.15) is 65.3 Å². The van der Waals surface area contributed by atoms with Crippen molar-refractivity contribution in [1.82, 2.24) is 9.80 Å². The maximum Gasteiger partial charge on any atom is 0.242 e. The van der Waals surface area contributed by atoms with Crippen molar-refractivity contribution in [3.05, 3.63) is 93.2 Å². The molecule has 2 aromatic carbocycles. The fourth-order valence-electron chi connectivity index (χ4n) is 5.46. The van der Waals surface area contributed by atoms with Crippen molar-refractivity contribution < 1.29 is 9.59 Å². The van der Waals surface area contributed by atoms with Crippen LogP contribution in [0.3, 0.4) is 0 Å². The van der Waals surface area contributed by atoms with Crippen molar-refractivity contribution in [1.29, 1.82) is 0 Å². The van der Waals surface area contributed by atoms with E-state index in [9.17, 15) is 9.59 Å². The van der Waals surface area contributed by atoms with Crippen molar-refractivity contribution in [2.24, 2.45) is 5.92 Å². The van der Waals surface area contributed by atoms with Crippen LogP contribution >= 0.6 is 11.3 Å². The Morgan fingerprint density at radius 1 is 1.03 bits per heavy atom. The van der Waals surface area contributed by atoms with Gasteiger partial charge in [-0.3, -0.25) is 9.59 Å². The fourth-order valence-corrected chi connectivity index (χ4v) is 6.36. The van der Waals surface area contributed by atoms with E-state index in [1.54, 1.807) is 11.3 Å². The van der Waals surface area contributed by atoms with Gasteiger partial charge in [0.25, 0.3) is 0 Å². The van der Waals surface area contributed by atoms with E-state index in [1.807, 2.05) is 34.1 Å². The van der Waals surface area contributed by atoms with E-state index < -0.39 is 0 Å². The van der Waals surface area contributed by atoms with Crippen molar-refractivity contribution in [2.75, 3.05) is 19.6 Å². The number of carbonyl (C=O) groups is 2. The lowest BCUT2D eigenvalue weighted by Gasteiger charge is -2.38. The van der Waals surface area contributed by atoms with Crippen molar-refractivity contribution in [2.45, 2.75) is 51.5 Å². The van der Waals surface area contributed by atoms with Gasteiger partial charge in [0.1, 0.15) is 0 Å². The molecule has 0 saturated heterocycles. The Balaban J connectivity index is 1.36. The van der Waals surface area contributed by atoms with Crippen LogP contribution in [-0.2, 0) is 16.0 Å². The highest BCUT2D eigenvalue weighted by Crippen LogP contribution is 2.48. The number of hydrogen-bond acceptors (Lipinski definition) is 3. The first-order valence-electron chi connectivity index (χ1n) is 12.8. The summed E-state index contributed by atoms with van der Waals surface area (Å²) in [6.07, 6.45) is 3.67. The fraction of sp³-hybridized carbons (Fsp3) is 0.400. The van der Waals surface area contributed by atoms with Gasteiger partial charge in [-0.15, -0.1) is 11.3 Å². The van der Waals surface area contributed by atoms with Crippen LogP contribution in [0, 0.1) is 12.8 Å². The summed E-state index contributed by atoms with van der Waals surface area (Å²) >= 11 is 1.78. The van der Waals surface area contributed by atoms with Gasteiger partial charge in [0.05, 0.1) is 12.6 Å². The van der Waals surface area contributed by atoms with Gasteiger partial charge in [-0.05, 0) is 65.8 Å². The van der Waals surface area contributed by atoms with E-state index in [1.165, 1.54) is 27.1 Å². The van der Waals surface area contributed by atoms with Crippen molar-refractivity contribution in [3.8, 4) is 0 Å². The first kappa shape index (κ1) is 23.8. The van der Waals surface area contributed by atoms with E-state index >= 15 is 0 Å². The van der Waals surface area contributed by atoms with E-state index in [0.29, 0.717) is 13.1 Å². The monoisotopic (exact) mass is 486 g/mol. The Hall–Kier alpha value is -2.92. The van der Waals surface area contributed by atoms with Gasteiger partial charge in [0.2, 0.25) is 11.8 Å². The van der Waals surface area contributed by atoms with Crippen molar-refractivity contribution >= 4 is 23.2 Å². The van der Waals surface area contributed by atoms with Gasteiger partial charge in [-0.25, -0.2) is 0 Å². The summed E-state index contributed by atoms with van der Waals surface area (Å²) in [6, 6.07) is 20.8. The zero-order valence-corrected chi connectivity index (χ0v) is 21.5. The van der Waals surface area contributed by atoms with Crippen LogP contribution in [-0.4, -0.2) is 41.2 Å². The SMILES string of the molecule is CCCCN(CC(=O)N1CCc2sccc2C1c1ccccc1C)C(=O)C1CC1c1ccccc1. The van der Waals surface area contributed by atoms with Crippen LogP contribution in [0.15, 0.2) is 66.0 Å². The normalized spacial score (nSPS) is 20.9. The molecule has 3 aromatic rings. The lowest BCUT2D eigenvalue weighted by molar-refractivity contribution is -0.142. The Morgan fingerprint density at radius 2 is 1.80 bits per heavy atom. The molecular formula is C30H34N2O2S. The van der Waals surface area contributed by atoms with Crippen LogP contribution in [0.5, 0.6) is 0 Å². The zero-order chi connectivity index (χ0) is 24.4. The molecule has 5 heteroatoms. The molecule has 0 spiro atoms. The predicted octanol–water partition coefficient (Wildman–Crippen LogP) is 5.96. The molecule has 0 radical (unpaired) electrons. The highest BCUT2D eigenvalue weighted by molar-refractivity contribution is 7.10. The van der Waals surface area contributed by atoms with Gasteiger partial charge in [0, 0.05) is 23.9 Å². The Morgan fingerprint density at radius 3 is 2.57 bits per heavy atom. The maximum atomic E-state index is 13.8. The number of benzene rings is 2. The maximum absolute atomic E-state index is 13.8. The third-order valence-electron chi connectivity index (χ3n) is 7.52. The highest BCUT2D eigenvalue weighted by atomic mass is 32.1. The summed E-state index contributed by atoms with van der Waals surface area (Å²) in [7, 11) is 0. The quantitative estimate of drug-likeness (QED) is 0.394. The molecule has 3 atom stereocenters. The number of hydrogen-bond donors (Lipinski definition) is 0. The molecule has 1 aromatic heterocycles. The Bertz CT molecular complexity index is 1190. The summed E-state index contributed by atoms with van der Waals surface area (Å²) in [5, 5.41) is 2.14. The van der Waals surface area contributed by atoms with E-state index in [0.717, 1.165) is 25.7 Å². The Kier molecular flexibility index (Phi) is 7.05. The predicted molar refractivity (Wildman–Crippen MR) is 142 cm³/mol. The van der Waals surface area contributed by atoms with Crippen molar-refractivity contribution in [3.63, 3.8) is 0 Å². The lowest BCUT2D eigenvalue weighted by Crippen LogP contribution is -2.47. The van der Waals surface area contributed by atoms with E-state index in [4.69, 9.17) is 0 Å². The standard InChI is InChI=1S/C30H34N2O2S/c1-3-4-16-31(30(34)26-19-25(26)22-11-6-5-7-12-22)20-28(33)32-17-14-27-24(15-18-35-27)29(32)23-13-9-8-10-21(23)2/h5-13,15,18,25-26,29H,3-4,14,16-17,19-20H2,1-2H3. The number of fused-ring (bicyclic) bond motifs is 1. The molecule has 4 nitrogen and oxygen atoms in total. The molecule has 35 heavy (non-hydrogen) atoms. The third kappa shape index (κ3) is 4.92. The third-order valence-corrected chi connectivity index (χ3v) is 8.52. The van der Waals surface area contributed by atoms with Gasteiger partial charge in [-0.1, -0.05) is 67.9 Å². The summed E-state index contributed by atoms with van der Waals surface area (Å²) in [6.45, 7) is 5.75. The van der Waals surface area contributed by atoms with Crippen LogP contribution in [0.25, 0.3) is 0 Å². The largest absolute Gasteiger partial charge is 0.333 e. The number of thiophene rings is 1. The second-order valence-corrected chi connectivity index (χ2v) is 10.9. The van der Waals surface area contributed by atoms with Gasteiger partial charge in [0.15, 0.2) is 0 Å². The Labute approximate surface area is 212 Å². The minimum atomic E-state index is -0.0835. The second-order valence-electron chi connectivity index (χ2n) is 9.87. The summed E-state index contributed by atoms with van der Waals surface area (Å²) in [4.78, 5) is 32.6. The van der Waals surface area contributed by atoms with Gasteiger partial charge >= 0.3 is 0 Å². The number of carbonyl (C=O) groups excluding carboxylic acids is 2. The molecule has 0 N–H and O–H groups in total. The average molecular weight is 487 g/mol. The molecule has 2 aliphatic rings. The molecule has 2 amide bonds. The topological polar surface area (TPSA) is 40.6 Å². The van der Waals surface area contributed by atoms with Crippen LogP contribution in [0.4, 0.5) is 0 Å². The number of unbranched alkanes of at least 4 members (excludes halogenated alkanes) is 1. The molecule has 0 bridgehead atoms. The van der Waals surface area contributed by atoms with E-state index in [2.05, 4.69) is 55.6 Å². The second kappa shape index (κ2) is 10.4. The minimum Gasteiger partial charge on any atom is -0.333 e. The summed E-state index contributed by atoms with van der Waals surface area (Å²) in [5.74, 6) is 0.475. The molecule has 1 fully saturated rings. The molecule has 1 aliphatic carbocycles. The first-order chi connectivity index (χ1) is 17.1. The number of rotatable bonds is 8. The molecule has 2 heterocycles. The van der Waals surface area contributed by atoms with Gasteiger partial charge < -0.3 is 9.80 Å². The zero-order valence-electron chi connectivity index (χ0n) is 20.7. The number of nitrogens with zero attached hydrogens (tertiary/aromatic N) is 2. The lowest BCUT2D eigenvalue weighted by atomic mass is 9.90. The summed E-state index contributed by atoms with van der Waals surface area (Å²) < 4.78 is 0. The molecule has 3 unspecified atom stereocenters. The number of amides is 2. The number of aryl methyl sites for hydroxylation is 1. The average Bonchev–Trinajstić information content (AvgIpc) is 3.54. The molecule has 182 valence electrons. The van der Waals surface area contributed by atoms with Gasteiger partial charge in [-0.2, -0.15) is 0 Å². The van der Waals surface area contributed by atoms with Crippen LogP contribution in [0.2, 0.25) is 0 Å². The molecule has 1 saturated carbocycles. The minimum absolute atomic E-state index is 0.000877. The highest BCUT2D eigenvalue weighted by Gasteiger charge is 2.46. The smallest absolute Gasteiger partial charge is 0.242 e. The van der Waals surface area contributed by atoms with Crippen LogP contribution < -0.4 is 0 Å². The van der Waals surface area contributed by atoms with E-state index in [-0.39, 0.29) is 36.2 Å².